The van der Waals surface area contributed by atoms with E-state index in [9.17, 15) is 4.79 Å². The molecule has 0 saturated carbocycles. The summed E-state index contributed by atoms with van der Waals surface area (Å²) in [5, 5.41) is 2.37. The highest BCUT2D eigenvalue weighted by Gasteiger charge is 2.25. The number of imidazole rings is 1. The van der Waals surface area contributed by atoms with Crippen molar-refractivity contribution in [2.45, 2.75) is 26.2 Å². The highest BCUT2D eigenvalue weighted by atomic mass is 32.1. The van der Waals surface area contributed by atoms with Crippen LogP contribution in [0, 0.1) is 5.92 Å². The maximum atomic E-state index is 11.9. The van der Waals surface area contributed by atoms with E-state index in [2.05, 4.69) is 41.7 Å². The lowest BCUT2D eigenvalue weighted by molar-refractivity contribution is 0.111. The van der Waals surface area contributed by atoms with Gasteiger partial charge in [0.25, 0.3) is 0 Å². The molecule has 0 N–H and O–H groups in total. The Morgan fingerprint density at radius 2 is 2.04 bits per heavy atom. The van der Waals surface area contributed by atoms with Crippen LogP contribution in [0.25, 0.3) is 27.0 Å². The van der Waals surface area contributed by atoms with Crippen molar-refractivity contribution in [1.29, 1.82) is 0 Å². The Bertz CT molecular complexity index is 1120. The molecule has 5 rings (SSSR count). The van der Waals surface area contributed by atoms with Crippen molar-refractivity contribution in [2.75, 3.05) is 0 Å². The summed E-state index contributed by atoms with van der Waals surface area (Å²) >= 11 is 1.75. The van der Waals surface area contributed by atoms with Crippen molar-refractivity contribution in [2.24, 2.45) is 5.92 Å². The van der Waals surface area contributed by atoms with E-state index in [-0.39, 0.29) is 0 Å². The van der Waals surface area contributed by atoms with Crippen molar-refractivity contribution in [1.82, 2.24) is 9.38 Å². The molecule has 124 valence electrons. The molecule has 4 aromatic rings. The summed E-state index contributed by atoms with van der Waals surface area (Å²) in [6.07, 6.45) is 4.29. The highest BCUT2D eigenvalue weighted by molar-refractivity contribution is 7.17. The third-order valence-electron chi connectivity index (χ3n) is 5.23. The summed E-state index contributed by atoms with van der Waals surface area (Å²) in [7, 11) is 0. The maximum Gasteiger partial charge on any atom is 0.195 e. The van der Waals surface area contributed by atoms with Crippen LogP contribution in [-0.2, 0) is 12.8 Å². The van der Waals surface area contributed by atoms with Gasteiger partial charge in [-0.25, -0.2) is 4.98 Å². The van der Waals surface area contributed by atoms with Crippen LogP contribution in [0.4, 0.5) is 0 Å². The van der Waals surface area contributed by atoms with Crippen LogP contribution in [0.5, 0.6) is 0 Å². The van der Waals surface area contributed by atoms with Gasteiger partial charge in [-0.15, -0.1) is 11.3 Å². The van der Waals surface area contributed by atoms with Gasteiger partial charge in [-0.3, -0.25) is 9.20 Å². The minimum absolute atomic E-state index is 0.692. The third-order valence-corrected chi connectivity index (χ3v) is 6.34. The zero-order valence-corrected chi connectivity index (χ0v) is 14.8. The number of benzene rings is 2. The molecule has 2 aromatic carbocycles. The number of aryl methyl sites for hydroxylation is 1. The lowest BCUT2D eigenvalue weighted by atomic mass is 9.93. The zero-order valence-electron chi connectivity index (χ0n) is 14.0. The molecule has 0 spiro atoms. The first-order chi connectivity index (χ1) is 12.2. The van der Waals surface area contributed by atoms with Gasteiger partial charge in [-0.05, 0) is 42.0 Å². The van der Waals surface area contributed by atoms with Crippen molar-refractivity contribution in [3.8, 4) is 11.3 Å². The number of hydrogen-bond acceptors (Lipinski definition) is 3. The van der Waals surface area contributed by atoms with Gasteiger partial charge in [0, 0.05) is 16.1 Å². The fourth-order valence-corrected chi connectivity index (χ4v) is 5.24. The van der Waals surface area contributed by atoms with E-state index in [1.807, 2.05) is 12.1 Å². The van der Waals surface area contributed by atoms with Gasteiger partial charge in [0.05, 0.1) is 0 Å². The molecule has 0 bridgehead atoms. The lowest BCUT2D eigenvalue weighted by Gasteiger charge is -2.17. The van der Waals surface area contributed by atoms with Crippen molar-refractivity contribution >= 4 is 33.4 Å². The third kappa shape index (κ3) is 2.24. The number of fused-ring (bicyclic) bond motifs is 4. The molecule has 2 heterocycles. The fraction of sp³-hybridized carbons (Fsp3) is 0.238. The normalized spacial score (nSPS) is 17.1. The van der Waals surface area contributed by atoms with Gasteiger partial charge in [-0.2, -0.15) is 0 Å². The molecule has 1 aliphatic carbocycles. The average Bonchev–Trinajstić information content (AvgIpc) is 3.16. The van der Waals surface area contributed by atoms with E-state index in [0.29, 0.717) is 5.69 Å². The molecule has 3 nitrogen and oxygen atoms in total. The van der Waals surface area contributed by atoms with Gasteiger partial charge in [0.15, 0.2) is 11.2 Å². The Hall–Kier alpha value is -2.46. The number of carbonyl (C=O) groups excluding carboxylic acids is 1. The Morgan fingerprint density at radius 3 is 2.88 bits per heavy atom. The molecule has 0 radical (unpaired) electrons. The standard InChI is InChI=1S/C21H18N2OS/c1-13-6-9-17-19(10-13)25-21-22-20(18(12-24)23(17)21)16-8-7-14-4-2-3-5-15(14)11-16/h2-5,7-8,11-13H,6,9-10H2,1H3. The molecule has 1 atom stereocenters. The van der Waals surface area contributed by atoms with Gasteiger partial charge in [0.2, 0.25) is 0 Å². The second-order valence-corrected chi connectivity index (χ2v) is 8.03. The van der Waals surface area contributed by atoms with Crippen molar-refractivity contribution in [3.63, 3.8) is 0 Å². The second kappa shape index (κ2) is 5.53. The van der Waals surface area contributed by atoms with E-state index < -0.39 is 0 Å². The molecule has 0 amide bonds. The average molecular weight is 346 g/mol. The number of nitrogens with zero attached hydrogens (tertiary/aromatic N) is 2. The number of rotatable bonds is 2. The number of aromatic nitrogens is 2. The Balaban J connectivity index is 1.73. The van der Waals surface area contributed by atoms with E-state index in [1.165, 1.54) is 27.8 Å². The van der Waals surface area contributed by atoms with Crippen LogP contribution in [-0.4, -0.2) is 15.7 Å². The Labute approximate surface area is 149 Å². The first-order valence-electron chi connectivity index (χ1n) is 8.72. The minimum Gasteiger partial charge on any atom is -0.296 e. The summed E-state index contributed by atoms with van der Waals surface area (Å²) in [5.41, 5.74) is 3.79. The van der Waals surface area contributed by atoms with E-state index >= 15 is 0 Å². The lowest BCUT2D eigenvalue weighted by Crippen LogP contribution is -2.11. The van der Waals surface area contributed by atoms with Gasteiger partial charge >= 0.3 is 0 Å². The van der Waals surface area contributed by atoms with Crippen molar-refractivity contribution in [3.05, 3.63) is 58.7 Å². The van der Waals surface area contributed by atoms with Crippen LogP contribution < -0.4 is 0 Å². The van der Waals surface area contributed by atoms with E-state index in [1.54, 1.807) is 11.3 Å². The second-order valence-electron chi connectivity index (χ2n) is 6.96. The summed E-state index contributed by atoms with van der Waals surface area (Å²) in [5.74, 6) is 0.718. The molecule has 2 aromatic heterocycles. The maximum absolute atomic E-state index is 11.9. The largest absolute Gasteiger partial charge is 0.296 e. The molecule has 1 aliphatic rings. The number of hydrogen-bond donors (Lipinski definition) is 0. The molecular weight excluding hydrogens is 328 g/mol. The van der Waals surface area contributed by atoms with E-state index in [4.69, 9.17) is 4.98 Å². The molecule has 4 heteroatoms. The fourth-order valence-electron chi connectivity index (χ4n) is 3.90. The quantitative estimate of drug-likeness (QED) is 0.470. The smallest absolute Gasteiger partial charge is 0.195 e. The Kier molecular flexibility index (Phi) is 3.28. The summed E-state index contributed by atoms with van der Waals surface area (Å²) < 4.78 is 2.10. The van der Waals surface area contributed by atoms with Crippen LogP contribution in [0.2, 0.25) is 0 Å². The summed E-state index contributed by atoms with van der Waals surface area (Å²) in [4.78, 5) is 19.1. The minimum atomic E-state index is 0.692. The molecule has 0 fully saturated rings. The first-order valence-corrected chi connectivity index (χ1v) is 9.53. The monoisotopic (exact) mass is 346 g/mol. The topological polar surface area (TPSA) is 34.4 Å². The Morgan fingerprint density at radius 1 is 1.20 bits per heavy atom. The SMILES string of the molecule is CC1CCc2c(sc3nc(-c4ccc5ccccc5c4)c(C=O)n23)C1. The summed E-state index contributed by atoms with van der Waals surface area (Å²) in [6, 6.07) is 14.6. The van der Waals surface area contributed by atoms with Gasteiger partial charge in [-0.1, -0.05) is 43.3 Å². The number of aldehydes is 1. The molecule has 0 saturated heterocycles. The van der Waals surface area contributed by atoms with Crippen LogP contribution in [0.3, 0.4) is 0 Å². The van der Waals surface area contributed by atoms with Crippen LogP contribution in [0.15, 0.2) is 42.5 Å². The highest BCUT2D eigenvalue weighted by Crippen LogP contribution is 2.36. The summed E-state index contributed by atoms with van der Waals surface area (Å²) in [6.45, 7) is 2.30. The van der Waals surface area contributed by atoms with Gasteiger partial charge in [0.1, 0.15) is 11.4 Å². The predicted octanol–water partition coefficient (Wildman–Crippen LogP) is 5.15. The number of carbonyl (C=O) groups is 1. The molecule has 25 heavy (non-hydrogen) atoms. The van der Waals surface area contributed by atoms with Gasteiger partial charge < -0.3 is 0 Å². The zero-order chi connectivity index (χ0) is 17.0. The predicted molar refractivity (Wildman–Crippen MR) is 103 cm³/mol. The van der Waals surface area contributed by atoms with E-state index in [0.717, 1.165) is 41.3 Å². The van der Waals surface area contributed by atoms with Crippen LogP contribution in [0.1, 0.15) is 34.4 Å². The molecule has 0 aliphatic heterocycles. The van der Waals surface area contributed by atoms with Crippen molar-refractivity contribution < 1.29 is 4.79 Å². The van der Waals surface area contributed by atoms with Crippen LogP contribution >= 0.6 is 11.3 Å². The number of thiazole rings is 1. The molecule has 1 unspecified atom stereocenters. The molecular formula is C21H18N2OS. The first kappa shape index (κ1) is 14.8.